The van der Waals surface area contributed by atoms with Gasteiger partial charge in [-0.15, -0.1) is 0 Å². The van der Waals surface area contributed by atoms with Crippen LogP contribution in [-0.2, 0) is 10.2 Å². The Bertz CT molecular complexity index is 431. The van der Waals surface area contributed by atoms with Crippen LogP contribution in [0.2, 0.25) is 0 Å². The molecule has 90 valence electrons. The van der Waals surface area contributed by atoms with Crippen LogP contribution in [0.25, 0.3) is 0 Å². The van der Waals surface area contributed by atoms with Gasteiger partial charge in [-0.2, -0.15) is 0 Å². The lowest BCUT2D eigenvalue weighted by molar-refractivity contribution is -0.122. The summed E-state index contributed by atoms with van der Waals surface area (Å²) in [4.78, 5) is 19.9. The van der Waals surface area contributed by atoms with E-state index in [4.69, 9.17) is 0 Å². The van der Waals surface area contributed by atoms with Gasteiger partial charge in [0.2, 0.25) is 0 Å². The molecule has 0 N–H and O–H groups in total. The highest BCUT2D eigenvalue weighted by atomic mass is 16.1. The highest BCUT2D eigenvalue weighted by Crippen LogP contribution is 2.56. The summed E-state index contributed by atoms with van der Waals surface area (Å²) in [5, 5.41) is 0. The van der Waals surface area contributed by atoms with E-state index >= 15 is 0 Å². The summed E-state index contributed by atoms with van der Waals surface area (Å²) < 4.78 is 0. The maximum Gasteiger partial charge on any atom is 0.126 e. The van der Waals surface area contributed by atoms with Gasteiger partial charge < -0.3 is 4.79 Å². The molecule has 3 saturated carbocycles. The zero-order chi connectivity index (χ0) is 11.9. The summed E-state index contributed by atoms with van der Waals surface area (Å²) in [6, 6.07) is 2.12. The number of aldehydes is 1. The van der Waals surface area contributed by atoms with Crippen molar-refractivity contribution in [2.45, 2.75) is 50.9 Å². The number of fused-ring (bicyclic) bond motifs is 3. The van der Waals surface area contributed by atoms with Crippen molar-refractivity contribution in [3.63, 3.8) is 0 Å². The summed E-state index contributed by atoms with van der Waals surface area (Å²) in [6.45, 7) is 2.02. The molecule has 2 bridgehead atoms. The first-order valence-corrected chi connectivity index (χ1v) is 6.44. The molecule has 1 aromatic rings. The van der Waals surface area contributed by atoms with E-state index < -0.39 is 0 Å². The van der Waals surface area contributed by atoms with E-state index in [-0.39, 0.29) is 10.8 Å². The third kappa shape index (κ3) is 1.60. The number of hydrogen-bond donors (Lipinski definition) is 0. The molecule has 0 aromatic carbocycles. The zero-order valence-electron chi connectivity index (χ0n) is 10.3. The Morgan fingerprint density at radius 2 is 1.76 bits per heavy atom. The van der Waals surface area contributed by atoms with Gasteiger partial charge >= 0.3 is 0 Å². The molecule has 17 heavy (non-hydrogen) atoms. The largest absolute Gasteiger partial charge is 0.303 e. The maximum atomic E-state index is 11.2. The van der Waals surface area contributed by atoms with Gasteiger partial charge in [0.25, 0.3) is 0 Å². The van der Waals surface area contributed by atoms with E-state index in [1.54, 1.807) is 6.33 Å². The minimum absolute atomic E-state index is 0.00379. The van der Waals surface area contributed by atoms with Crippen LogP contribution in [0.3, 0.4) is 0 Å². The lowest BCUT2D eigenvalue weighted by Gasteiger charge is -2.50. The van der Waals surface area contributed by atoms with Crippen molar-refractivity contribution in [3.8, 4) is 0 Å². The van der Waals surface area contributed by atoms with E-state index in [2.05, 4.69) is 16.0 Å². The minimum atomic E-state index is 0.00379. The van der Waals surface area contributed by atoms with Gasteiger partial charge in [0.1, 0.15) is 12.6 Å². The SMILES string of the molecule is Cc1cc(C23CCC(C=O)(CC2)CC3)ncn1. The van der Waals surface area contributed by atoms with Crippen molar-refractivity contribution >= 4 is 6.29 Å². The van der Waals surface area contributed by atoms with Crippen LogP contribution >= 0.6 is 0 Å². The average Bonchev–Trinajstić information content (AvgIpc) is 2.41. The standard InChI is InChI=1S/C14H18N2O/c1-11-8-12(16-10-15-11)14-5-2-13(9-17,3-6-14)4-7-14/h8-10H,2-7H2,1H3. The Labute approximate surface area is 102 Å². The van der Waals surface area contributed by atoms with Crippen LogP contribution < -0.4 is 0 Å². The molecule has 3 aliphatic carbocycles. The molecule has 0 aliphatic heterocycles. The van der Waals surface area contributed by atoms with E-state index in [9.17, 15) is 4.79 Å². The molecule has 0 spiro atoms. The van der Waals surface area contributed by atoms with Crippen LogP contribution in [0.4, 0.5) is 0 Å². The van der Waals surface area contributed by atoms with E-state index in [0.29, 0.717) is 0 Å². The second-order valence-electron chi connectivity index (χ2n) is 5.81. The van der Waals surface area contributed by atoms with Gasteiger partial charge in [-0.25, -0.2) is 9.97 Å². The number of carbonyl (C=O) groups excluding carboxylic acids is 1. The molecule has 0 unspecified atom stereocenters. The minimum Gasteiger partial charge on any atom is -0.303 e. The van der Waals surface area contributed by atoms with Gasteiger partial charge in [0.05, 0.1) is 5.69 Å². The fourth-order valence-electron chi connectivity index (χ4n) is 3.52. The topological polar surface area (TPSA) is 42.9 Å². The lowest BCUT2D eigenvalue weighted by atomic mass is 9.53. The van der Waals surface area contributed by atoms with Gasteiger partial charge in [0, 0.05) is 16.5 Å². The Morgan fingerprint density at radius 3 is 2.29 bits per heavy atom. The molecule has 3 heteroatoms. The van der Waals surface area contributed by atoms with Crippen LogP contribution in [0.1, 0.15) is 49.9 Å². The lowest BCUT2D eigenvalue weighted by Crippen LogP contribution is -2.45. The summed E-state index contributed by atoms with van der Waals surface area (Å²) in [6.07, 6.45) is 9.35. The van der Waals surface area contributed by atoms with Crippen LogP contribution in [0.15, 0.2) is 12.4 Å². The second kappa shape index (κ2) is 3.62. The fraction of sp³-hybridized carbons (Fsp3) is 0.643. The summed E-state index contributed by atoms with van der Waals surface area (Å²) in [5.41, 5.74) is 2.48. The summed E-state index contributed by atoms with van der Waals surface area (Å²) in [7, 11) is 0. The molecular weight excluding hydrogens is 212 g/mol. The van der Waals surface area contributed by atoms with E-state index in [1.165, 1.54) is 12.0 Å². The predicted octanol–water partition coefficient (Wildman–Crippen LogP) is 2.58. The molecule has 3 fully saturated rings. The monoisotopic (exact) mass is 230 g/mol. The van der Waals surface area contributed by atoms with Crippen molar-refractivity contribution in [3.05, 3.63) is 23.8 Å². The predicted molar refractivity (Wildman–Crippen MR) is 64.6 cm³/mol. The Hall–Kier alpha value is -1.25. The van der Waals surface area contributed by atoms with Gasteiger partial charge in [-0.3, -0.25) is 0 Å². The van der Waals surface area contributed by atoms with Crippen molar-refractivity contribution < 1.29 is 4.79 Å². The smallest absolute Gasteiger partial charge is 0.126 e. The van der Waals surface area contributed by atoms with Crippen molar-refractivity contribution in [2.75, 3.05) is 0 Å². The Kier molecular flexibility index (Phi) is 2.32. The van der Waals surface area contributed by atoms with Crippen molar-refractivity contribution in [1.82, 2.24) is 9.97 Å². The second-order valence-corrected chi connectivity index (χ2v) is 5.81. The first-order valence-electron chi connectivity index (χ1n) is 6.44. The number of aromatic nitrogens is 2. The molecule has 0 saturated heterocycles. The molecule has 3 nitrogen and oxygen atoms in total. The molecular formula is C14H18N2O. The molecule has 1 heterocycles. The molecule has 0 atom stereocenters. The average molecular weight is 230 g/mol. The van der Waals surface area contributed by atoms with Crippen LogP contribution in [0, 0.1) is 12.3 Å². The maximum absolute atomic E-state index is 11.2. The molecule has 3 aliphatic rings. The quantitative estimate of drug-likeness (QED) is 0.733. The number of aryl methyl sites for hydroxylation is 1. The molecule has 0 radical (unpaired) electrons. The van der Waals surface area contributed by atoms with Gasteiger partial charge in [-0.1, -0.05) is 0 Å². The molecule has 4 rings (SSSR count). The molecule has 1 aromatic heterocycles. The van der Waals surface area contributed by atoms with E-state index in [1.807, 2.05) is 6.92 Å². The third-order valence-electron chi connectivity index (χ3n) is 4.90. The van der Waals surface area contributed by atoms with E-state index in [0.717, 1.165) is 44.2 Å². The molecule has 0 amide bonds. The summed E-state index contributed by atoms with van der Waals surface area (Å²) in [5.74, 6) is 0. The Morgan fingerprint density at radius 1 is 1.12 bits per heavy atom. The van der Waals surface area contributed by atoms with Crippen molar-refractivity contribution in [2.24, 2.45) is 5.41 Å². The first kappa shape index (κ1) is 10.9. The van der Waals surface area contributed by atoms with Gasteiger partial charge in [0.15, 0.2) is 0 Å². The summed E-state index contributed by atoms with van der Waals surface area (Å²) >= 11 is 0. The van der Waals surface area contributed by atoms with Crippen LogP contribution in [0.5, 0.6) is 0 Å². The number of rotatable bonds is 2. The van der Waals surface area contributed by atoms with Crippen LogP contribution in [-0.4, -0.2) is 16.3 Å². The fourth-order valence-corrected chi connectivity index (χ4v) is 3.52. The highest BCUT2D eigenvalue weighted by Gasteiger charge is 2.49. The third-order valence-corrected chi connectivity index (χ3v) is 4.90. The number of nitrogens with zero attached hydrogens (tertiary/aromatic N) is 2. The van der Waals surface area contributed by atoms with Crippen molar-refractivity contribution in [1.29, 1.82) is 0 Å². The zero-order valence-corrected chi connectivity index (χ0v) is 10.3. The Balaban J connectivity index is 1.93. The van der Waals surface area contributed by atoms with Gasteiger partial charge in [-0.05, 0) is 51.5 Å². The highest BCUT2D eigenvalue weighted by molar-refractivity contribution is 5.60. The normalized spacial score (nSPS) is 35.8. The first-order chi connectivity index (χ1) is 8.18. The number of carbonyl (C=O) groups is 1. The number of hydrogen-bond acceptors (Lipinski definition) is 3.